The van der Waals surface area contributed by atoms with Crippen molar-refractivity contribution in [2.45, 2.75) is 18.3 Å². The minimum absolute atomic E-state index is 0.00410. The van der Waals surface area contributed by atoms with Crippen molar-refractivity contribution in [2.75, 3.05) is 6.61 Å². The Morgan fingerprint density at radius 1 is 0.850 bits per heavy atom. The molecular weight excluding hydrogens is 252 g/mol. The van der Waals surface area contributed by atoms with Gasteiger partial charge in [-0.15, -0.1) is 0 Å². The van der Waals surface area contributed by atoms with Crippen LogP contribution in [0.25, 0.3) is 0 Å². The minimum Gasteiger partial charge on any atom is -0.481 e. The fraction of sp³-hybridized carbons (Fsp3) is 0.235. The smallest absolute Gasteiger partial charge is 0.303 e. The molecule has 104 valence electrons. The zero-order chi connectivity index (χ0) is 14.4. The first-order valence-corrected chi connectivity index (χ1v) is 6.65. The van der Waals surface area contributed by atoms with E-state index < -0.39 is 5.97 Å². The normalized spacial score (nSPS) is 13.7. The quantitative estimate of drug-likeness (QED) is 0.848. The maximum absolute atomic E-state index is 11.2. The summed E-state index contributed by atoms with van der Waals surface area (Å²) in [5, 5.41) is 18.9. The maximum Gasteiger partial charge on any atom is 0.303 e. The van der Waals surface area contributed by atoms with E-state index in [2.05, 4.69) is 0 Å². The average molecular weight is 270 g/mol. The van der Waals surface area contributed by atoms with E-state index in [1.807, 2.05) is 60.7 Å². The number of carboxylic acid groups (broad SMARTS) is 1. The highest BCUT2D eigenvalue weighted by molar-refractivity contribution is 5.68. The van der Waals surface area contributed by atoms with Gasteiger partial charge < -0.3 is 10.2 Å². The molecule has 2 N–H and O–H groups in total. The van der Waals surface area contributed by atoms with Gasteiger partial charge >= 0.3 is 5.97 Å². The molecular formula is C17H18O3. The van der Waals surface area contributed by atoms with Gasteiger partial charge in [-0.25, -0.2) is 0 Å². The predicted octanol–water partition coefficient (Wildman–Crippen LogP) is 3.02. The van der Waals surface area contributed by atoms with E-state index in [4.69, 9.17) is 5.11 Å². The average Bonchev–Trinajstić information content (AvgIpc) is 2.49. The number of hydrogen-bond donors (Lipinski definition) is 2. The van der Waals surface area contributed by atoms with Crippen LogP contribution in [-0.2, 0) is 4.79 Å². The van der Waals surface area contributed by atoms with E-state index in [0.29, 0.717) is 0 Å². The van der Waals surface area contributed by atoms with Crippen molar-refractivity contribution in [1.82, 2.24) is 0 Å². The summed E-state index contributed by atoms with van der Waals surface area (Å²) in [4.78, 5) is 11.2. The van der Waals surface area contributed by atoms with E-state index in [-0.39, 0.29) is 24.9 Å². The monoisotopic (exact) mass is 270 g/mol. The van der Waals surface area contributed by atoms with Crippen LogP contribution in [0.5, 0.6) is 0 Å². The highest BCUT2D eigenvalue weighted by Crippen LogP contribution is 2.35. The zero-order valence-corrected chi connectivity index (χ0v) is 11.1. The van der Waals surface area contributed by atoms with Crippen LogP contribution in [0.2, 0.25) is 0 Å². The second kappa shape index (κ2) is 6.87. The molecule has 0 amide bonds. The van der Waals surface area contributed by atoms with Crippen LogP contribution >= 0.6 is 0 Å². The summed E-state index contributed by atoms with van der Waals surface area (Å²) < 4.78 is 0. The molecule has 0 spiro atoms. The molecule has 2 atom stereocenters. The second-order valence-corrected chi connectivity index (χ2v) is 4.81. The van der Waals surface area contributed by atoms with Crippen molar-refractivity contribution in [1.29, 1.82) is 0 Å². The summed E-state index contributed by atoms with van der Waals surface area (Å²) >= 11 is 0. The molecule has 0 fully saturated rings. The predicted molar refractivity (Wildman–Crippen MR) is 77.7 cm³/mol. The molecule has 0 saturated carbocycles. The molecule has 3 nitrogen and oxygen atoms in total. The highest BCUT2D eigenvalue weighted by Gasteiger charge is 2.26. The number of aliphatic carboxylic acids is 1. The third-order valence-corrected chi connectivity index (χ3v) is 3.53. The molecule has 20 heavy (non-hydrogen) atoms. The molecule has 0 aliphatic rings. The zero-order valence-electron chi connectivity index (χ0n) is 11.1. The van der Waals surface area contributed by atoms with Gasteiger partial charge in [0.1, 0.15) is 0 Å². The molecule has 0 aromatic heterocycles. The van der Waals surface area contributed by atoms with Crippen molar-refractivity contribution in [3.05, 3.63) is 71.8 Å². The largest absolute Gasteiger partial charge is 0.481 e. The molecule has 0 heterocycles. The molecule has 2 unspecified atom stereocenters. The van der Waals surface area contributed by atoms with E-state index in [1.165, 1.54) is 0 Å². The molecule has 2 aromatic carbocycles. The van der Waals surface area contributed by atoms with Gasteiger partial charge in [0.05, 0.1) is 13.0 Å². The Morgan fingerprint density at radius 2 is 1.30 bits per heavy atom. The van der Waals surface area contributed by atoms with Gasteiger partial charge in [-0.2, -0.15) is 0 Å². The van der Waals surface area contributed by atoms with Crippen molar-refractivity contribution in [2.24, 2.45) is 0 Å². The molecule has 3 heteroatoms. The minimum atomic E-state index is -0.853. The number of aliphatic hydroxyl groups excluding tert-OH is 1. The molecule has 0 saturated heterocycles. The first-order valence-electron chi connectivity index (χ1n) is 6.65. The fourth-order valence-electron chi connectivity index (χ4n) is 2.55. The van der Waals surface area contributed by atoms with Crippen LogP contribution in [0.15, 0.2) is 60.7 Å². The lowest BCUT2D eigenvalue weighted by molar-refractivity contribution is -0.137. The standard InChI is InChI=1S/C17H18O3/c18-12-16(14-9-5-2-6-10-14)15(11-17(19)20)13-7-3-1-4-8-13/h1-10,15-16,18H,11-12H2,(H,19,20). The lowest BCUT2D eigenvalue weighted by Crippen LogP contribution is -2.18. The second-order valence-electron chi connectivity index (χ2n) is 4.81. The van der Waals surface area contributed by atoms with Crippen molar-refractivity contribution in [3.63, 3.8) is 0 Å². The van der Waals surface area contributed by atoms with Crippen LogP contribution in [0, 0.1) is 0 Å². The first-order chi connectivity index (χ1) is 9.72. The fourth-order valence-corrected chi connectivity index (χ4v) is 2.55. The van der Waals surface area contributed by atoms with Gasteiger partial charge in [-0.3, -0.25) is 4.79 Å². The summed E-state index contributed by atoms with van der Waals surface area (Å²) in [6.07, 6.45) is 0.00410. The molecule has 0 radical (unpaired) electrons. The van der Waals surface area contributed by atoms with E-state index >= 15 is 0 Å². The van der Waals surface area contributed by atoms with Gasteiger partial charge in [0.15, 0.2) is 0 Å². The number of carboxylic acids is 1. The molecule has 2 aromatic rings. The lowest BCUT2D eigenvalue weighted by atomic mass is 9.80. The summed E-state index contributed by atoms with van der Waals surface area (Å²) in [6.45, 7) is -0.0726. The Balaban J connectivity index is 2.36. The van der Waals surface area contributed by atoms with Gasteiger partial charge in [0.25, 0.3) is 0 Å². The van der Waals surface area contributed by atoms with Crippen molar-refractivity contribution >= 4 is 5.97 Å². The number of aliphatic hydroxyl groups is 1. The van der Waals surface area contributed by atoms with Crippen LogP contribution in [0.1, 0.15) is 29.4 Å². The number of hydrogen-bond acceptors (Lipinski definition) is 2. The Labute approximate surface area is 118 Å². The summed E-state index contributed by atoms with van der Waals surface area (Å²) in [5.41, 5.74) is 1.91. The van der Waals surface area contributed by atoms with E-state index in [0.717, 1.165) is 11.1 Å². The third-order valence-electron chi connectivity index (χ3n) is 3.53. The van der Waals surface area contributed by atoms with Gasteiger partial charge in [-0.1, -0.05) is 60.7 Å². The maximum atomic E-state index is 11.2. The first kappa shape index (κ1) is 14.3. The lowest BCUT2D eigenvalue weighted by Gasteiger charge is -2.25. The Kier molecular flexibility index (Phi) is 4.91. The van der Waals surface area contributed by atoms with Gasteiger partial charge in [0, 0.05) is 11.8 Å². The van der Waals surface area contributed by atoms with Crippen LogP contribution in [-0.4, -0.2) is 22.8 Å². The molecule has 0 aliphatic carbocycles. The van der Waals surface area contributed by atoms with Crippen molar-refractivity contribution < 1.29 is 15.0 Å². The highest BCUT2D eigenvalue weighted by atomic mass is 16.4. The SMILES string of the molecule is O=C(O)CC(c1ccccc1)C(CO)c1ccccc1. The van der Waals surface area contributed by atoms with E-state index in [1.54, 1.807) is 0 Å². The van der Waals surface area contributed by atoms with E-state index in [9.17, 15) is 9.90 Å². The van der Waals surface area contributed by atoms with Gasteiger partial charge in [-0.05, 0) is 11.1 Å². The molecule has 0 bridgehead atoms. The topological polar surface area (TPSA) is 57.5 Å². The third kappa shape index (κ3) is 3.45. The Hall–Kier alpha value is -2.13. The van der Waals surface area contributed by atoms with Crippen molar-refractivity contribution in [3.8, 4) is 0 Å². The number of benzene rings is 2. The van der Waals surface area contributed by atoms with Gasteiger partial charge in [0.2, 0.25) is 0 Å². The number of carbonyl (C=O) groups is 1. The number of rotatable bonds is 6. The summed E-state index contributed by atoms with van der Waals surface area (Å²) in [6, 6.07) is 19.1. The van der Waals surface area contributed by atoms with Crippen LogP contribution in [0.3, 0.4) is 0 Å². The molecule has 2 rings (SSSR count). The molecule has 0 aliphatic heterocycles. The summed E-state index contributed by atoms with van der Waals surface area (Å²) in [7, 11) is 0. The summed E-state index contributed by atoms with van der Waals surface area (Å²) in [5.74, 6) is -1.30. The van der Waals surface area contributed by atoms with Crippen LogP contribution in [0.4, 0.5) is 0 Å². The Morgan fingerprint density at radius 3 is 1.70 bits per heavy atom. The Bertz CT molecular complexity index is 537. The van der Waals surface area contributed by atoms with Crippen LogP contribution < -0.4 is 0 Å².